The number of aromatic nitrogens is 5. The molecule has 3 heterocycles. The van der Waals surface area contributed by atoms with Gasteiger partial charge < -0.3 is 4.57 Å². The molecular weight excluding hydrogens is 372 g/mol. The summed E-state index contributed by atoms with van der Waals surface area (Å²) in [6.07, 6.45) is 1.70. The van der Waals surface area contributed by atoms with Crippen molar-refractivity contribution >= 4 is 43.9 Å². The van der Waals surface area contributed by atoms with Gasteiger partial charge in [0.1, 0.15) is 27.3 Å². The molecule has 0 saturated heterocycles. The van der Waals surface area contributed by atoms with Gasteiger partial charge in [-0.1, -0.05) is 6.07 Å². The smallest absolute Gasteiger partial charge is 0.243 e. The van der Waals surface area contributed by atoms with E-state index in [9.17, 15) is 8.42 Å². The number of fused-ring (bicyclic) bond motifs is 2. The number of pyridine rings is 1. The van der Waals surface area contributed by atoms with Gasteiger partial charge in [-0.2, -0.15) is 8.75 Å². The Labute approximate surface area is 154 Å². The summed E-state index contributed by atoms with van der Waals surface area (Å²) in [7, 11) is -3.75. The quantitative estimate of drug-likeness (QED) is 0.563. The van der Waals surface area contributed by atoms with Crippen LogP contribution in [0.3, 0.4) is 0 Å². The highest BCUT2D eigenvalue weighted by atomic mass is 32.2. The van der Waals surface area contributed by atoms with Gasteiger partial charge in [-0.25, -0.2) is 23.1 Å². The standard InChI is InChI=1S/C16H16N6O2S2/c1-10(2)22-14(19-12-6-4-8-17-16(12)22)9-18-26(23,24)13-7-3-5-11-15(13)21-25-20-11/h3-8,10,18H,9H2,1-2H3. The van der Waals surface area contributed by atoms with Crippen molar-refractivity contribution in [2.24, 2.45) is 0 Å². The summed E-state index contributed by atoms with van der Waals surface area (Å²) >= 11 is 0.990. The Morgan fingerprint density at radius 1 is 1.15 bits per heavy atom. The average molecular weight is 388 g/mol. The first-order valence-electron chi connectivity index (χ1n) is 8.00. The van der Waals surface area contributed by atoms with E-state index in [1.807, 2.05) is 30.5 Å². The van der Waals surface area contributed by atoms with Crippen molar-refractivity contribution in [1.82, 2.24) is 28.0 Å². The number of benzene rings is 1. The van der Waals surface area contributed by atoms with Crippen LogP contribution in [-0.2, 0) is 16.6 Å². The van der Waals surface area contributed by atoms with Crippen LogP contribution in [0.5, 0.6) is 0 Å². The van der Waals surface area contributed by atoms with E-state index >= 15 is 0 Å². The third-order valence-corrected chi connectivity index (χ3v) is 5.97. The topological polar surface area (TPSA) is 103 Å². The number of nitrogens with one attached hydrogen (secondary N) is 1. The van der Waals surface area contributed by atoms with Gasteiger partial charge in [-0.3, -0.25) is 0 Å². The van der Waals surface area contributed by atoms with Crippen LogP contribution < -0.4 is 4.72 Å². The van der Waals surface area contributed by atoms with E-state index in [-0.39, 0.29) is 17.5 Å². The molecule has 0 atom stereocenters. The lowest BCUT2D eigenvalue weighted by Crippen LogP contribution is -2.25. The lowest BCUT2D eigenvalue weighted by atomic mass is 10.3. The van der Waals surface area contributed by atoms with E-state index in [1.54, 1.807) is 18.3 Å². The van der Waals surface area contributed by atoms with E-state index in [4.69, 9.17) is 0 Å². The lowest BCUT2D eigenvalue weighted by molar-refractivity contribution is 0.557. The maximum absolute atomic E-state index is 12.8. The zero-order chi connectivity index (χ0) is 18.3. The molecule has 3 aromatic heterocycles. The molecule has 1 N–H and O–H groups in total. The summed E-state index contributed by atoms with van der Waals surface area (Å²) < 4.78 is 38.3. The largest absolute Gasteiger partial charge is 0.309 e. The predicted octanol–water partition coefficient (Wildman–Crippen LogP) is 2.50. The fourth-order valence-corrected chi connectivity index (χ4v) is 4.62. The van der Waals surface area contributed by atoms with Crippen LogP contribution in [0.1, 0.15) is 25.7 Å². The molecular formula is C16H16N6O2S2. The number of hydrogen-bond acceptors (Lipinski definition) is 7. The van der Waals surface area contributed by atoms with Gasteiger partial charge in [0, 0.05) is 12.2 Å². The number of hydrogen-bond donors (Lipinski definition) is 1. The second kappa shape index (κ2) is 6.38. The van der Waals surface area contributed by atoms with Crippen LogP contribution in [0, 0.1) is 0 Å². The summed E-state index contributed by atoms with van der Waals surface area (Å²) in [6.45, 7) is 4.08. The minimum absolute atomic E-state index is 0.0603. The Kier molecular flexibility index (Phi) is 4.17. The molecule has 0 aliphatic carbocycles. The second-order valence-electron chi connectivity index (χ2n) is 6.05. The monoisotopic (exact) mass is 388 g/mol. The number of imidazole rings is 1. The lowest BCUT2D eigenvalue weighted by Gasteiger charge is -2.13. The van der Waals surface area contributed by atoms with E-state index in [2.05, 4.69) is 23.4 Å². The summed E-state index contributed by atoms with van der Waals surface area (Å²) in [6, 6.07) is 8.69. The van der Waals surface area contributed by atoms with Crippen LogP contribution in [0.2, 0.25) is 0 Å². The van der Waals surface area contributed by atoms with Gasteiger partial charge in [-0.15, -0.1) is 0 Å². The van der Waals surface area contributed by atoms with Crippen molar-refractivity contribution < 1.29 is 8.42 Å². The number of rotatable bonds is 5. The molecule has 26 heavy (non-hydrogen) atoms. The van der Waals surface area contributed by atoms with Gasteiger partial charge in [0.15, 0.2) is 5.65 Å². The third kappa shape index (κ3) is 2.85. The highest BCUT2D eigenvalue weighted by molar-refractivity contribution is 7.89. The van der Waals surface area contributed by atoms with Gasteiger partial charge in [-0.05, 0) is 38.1 Å². The Morgan fingerprint density at radius 3 is 2.77 bits per heavy atom. The van der Waals surface area contributed by atoms with Crippen LogP contribution >= 0.6 is 11.7 Å². The maximum Gasteiger partial charge on any atom is 0.243 e. The molecule has 0 aliphatic heterocycles. The second-order valence-corrected chi connectivity index (χ2v) is 8.31. The Morgan fingerprint density at radius 2 is 1.96 bits per heavy atom. The average Bonchev–Trinajstić information content (AvgIpc) is 3.23. The van der Waals surface area contributed by atoms with Gasteiger partial charge in [0.2, 0.25) is 10.0 Å². The van der Waals surface area contributed by atoms with Crippen molar-refractivity contribution in [3.63, 3.8) is 0 Å². The molecule has 10 heteroatoms. The van der Waals surface area contributed by atoms with Crippen LogP contribution in [0.15, 0.2) is 41.4 Å². The zero-order valence-electron chi connectivity index (χ0n) is 14.1. The van der Waals surface area contributed by atoms with Crippen molar-refractivity contribution in [3.05, 3.63) is 42.4 Å². The van der Waals surface area contributed by atoms with Crippen molar-refractivity contribution in [2.75, 3.05) is 0 Å². The minimum atomic E-state index is -3.75. The molecule has 8 nitrogen and oxygen atoms in total. The van der Waals surface area contributed by atoms with E-state index in [1.165, 1.54) is 6.07 Å². The zero-order valence-corrected chi connectivity index (χ0v) is 15.8. The normalized spacial score (nSPS) is 12.4. The molecule has 4 rings (SSSR count). The van der Waals surface area contributed by atoms with E-state index in [0.29, 0.717) is 16.9 Å². The van der Waals surface area contributed by atoms with Crippen molar-refractivity contribution in [3.8, 4) is 0 Å². The molecule has 4 aromatic rings. The van der Waals surface area contributed by atoms with Crippen LogP contribution in [0.25, 0.3) is 22.2 Å². The molecule has 0 saturated carbocycles. The SMILES string of the molecule is CC(C)n1c(CNS(=O)(=O)c2cccc3nsnc23)nc2cccnc21. The van der Waals surface area contributed by atoms with Crippen LogP contribution in [0.4, 0.5) is 0 Å². The van der Waals surface area contributed by atoms with Crippen LogP contribution in [-0.4, -0.2) is 31.7 Å². The molecule has 0 spiro atoms. The fraction of sp³-hybridized carbons (Fsp3) is 0.250. The van der Waals surface area contributed by atoms with Gasteiger partial charge in [0.25, 0.3) is 0 Å². The van der Waals surface area contributed by atoms with Crippen molar-refractivity contribution in [2.45, 2.75) is 31.3 Å². The third-order valence-electron chi connectivity index (χ3n) is 4.00. The first-order chi connectivity index (χ1) is 12.5. The summed E-state index contributed by atoms with van der Waals surface area (Å²) in [5, 5.41) is 0. The molecule has 0 bridgehead atoms. The predicted molar refractivity (Wildman–Crippen MR) is 99.4 cm³/mol. The molecule has 134 valence electrons. The highest BCUT2D eigenvalue weighted by Gasteiger charge is 2.21. The Balaban J connectivity index is 1.70. The first kappa shape index (κ1) is 17.0. The molecule has 0 fully saturated rings. The fourth-order valence-electron chi connectivity index (χ4n) is 2.88. The van der Waals surface area contributed by atoms with Gasteiger partial charge in [0.05, 0.1) is 18.3 Å². The Hall–Kier alpha value is -2.43. The van der Waals surface area contributed by atoms with E-state index < -0.39 is 10.0 Å². The molecule has 0 radical (unpaired) electrons. The van der Waals surface area contributed by atoms with Gasteiger partial charge >= 0.3 is 0 Å². The summed E-state index contributed by atoms with van der Waals surface area (Å²) in [4.78, 5) is 9.02. The van der Waals surface area contributed by atoms with Crippen molar-refractivity contribution in [1.29, 1.82) is 0 Å². The molecule has 0 unspecified atom stereocenters. The summed E-state index contributed by atoms with van der Waals surface area (Å²) in [5.41, 5.74) is 2.42. The number of sulfonamides is 1. The molecule has 0 aliphatic rings. The van der Waals surface area contributed by atoms with E-state index in [0.717, 1.165) is 22.9 Å². The maximum atomic E-state index is 12.8. The molecule has 0 amide bonds. The first-order valence-corrected chi connectivity index (χ1v) is 10.2. The molecule has 1 aromatic carbocycles. The Bertz CT molecular complexity index is 1200. The highest BCUT2D eigenvalue weighted by Crippen LogP contribution is 2.22. The summed E-state index contributed by atoms with van der Waals surface area (Å²) in [5.74, 6) is 0.612. The minimum Gasteiger partial charge on any atom is -0.309 e. The number of nitrogens with zero attached hydrogens (tertiary/aromatic N) is 5.